The highest BCUT2D eigenvalue weighted by Crippen LogP contribution is 2.26. The minimum atomic E-state index is -0.764. The summed E-state index contributed by atoms with van der Waals surface area (Å²) in [6.45, 7) is 0. The number of rotatable bonds is 3. The Labute approximate surface area is 113 Å². The molecular formula is C13H10FN3O3. The maximum atomic E-state index is 13.4. The molecule has 0 fully saturated rings. The highest BCUT2D eigenvalue weighted by Gasteiger charge is 2.13. The van der Waals surface area contributed by atoms with Crippen LogP contribution in [-0.4, -0.2) is 21.9 Å². The summed E-state index contributed by atoms with van der Waals surface area (Å²) < 4.78 is 13.4. The molecule has 1 heterocycles. The number of nitrogens with zero attached hydrogens (tertiary/aromatic N) is 1. The molecule has 0 saturated carbocycles. The molecule has 2 rings (SSSR count). The van der Waals surface area contributed by atoms with E-state index in [0.29, 0.717) is 0 Å². The van der Waals surface area contributed by atoms with Crippen molar-refractivity contribution in [3.63, 3.8) is 0 Å². The Morgan fingerprint density at radius 2 is 2.00 bits per heavy atom. The second-order valence-electron chi connectivity index (χ2n) is 3.88. The molecule has 1 aromatic heterocycles. The number of pyridine rings is 1. The molecule has 2 amide bonds. The number of carbonyl (C=O) groups excluding carboxylic acids is 2. The van der Waals surface area contributed by atoms with Gasteiger partial charge in [0.2, 0.25) is 0 Å². The Morgan fingerprint density at radius 1 is 1.25 bits per heavy atom. The standard InChI is InChI=1S/C13H10FN3O3/c14-8-2-1-3-10(18)11(8)17-13(20)7-4-5-9(12(15)19)16-6-7/h1-6,18H,(H2,15,19)(H,17,20). The van der Waals surface area contributed by atoms with E-state index >= 15 is 0 Å². The lowest BCUT2D eigenvalue weighted by molar-refractivity contribution is 0.0990. The van der Waals surface area contributed by atoms with Crippen LogP contribution in [0.15, 0.2) is 36.5 Å². The minimum Gasteiger partial charge on any atom is -0.506 e. The van der Waals surface area contributed by atoms with E-state index in [0.717, 1.165) is 12.3 Å². The fourth-order valence-electron chi connectivity index (χ4n) is 1.50. The highest BCUT2D eigenvalue weighted by molar-refractivity contribution is 6.05. The SMILES string of the molecule is NC(=O)c1ccc(C(=O)Nc2c(O)cccc2F)cn1. The van der Waals surface area contributed by atoms with Crippen LogP contribution in [0.1, 0.15) is 20.8 Å². The van der Waals surface area contributed by atoms with Crippen molar-refractivity contribution in [2.24, 2.45) is 5.73 Å². The number of para-hydroxylation sites is 1. The van der Waals surface area contributed by atoms with Crippen molar-refractivity contribution in [1.29, 1.82) is 0 Å². The lowest BCUT2D eigenvalue weighted by Gasteiger charge is -2.08. The van der Waals surface area contributed by atoms with Gasteiger partial charge in [-0.15, -0.1) is 0 Å². The second-order valence-corrected chi connectivity index (χ2v) is 3.88. The van der Waals surface area contributed by atoms with Crippen molar-refractivity contribution in [2.75, 3.05) is 5.32 Å². The molecule has 20 heavy (non-hydrogen) atoms. The molecule has 0 aliphatic heterocycles. The van der Waals surface area contributed by atoms with Crippen LogP contribution in [-0.2, 0) is 0 Å². The van der Waals surface area contributed by atoms with E-state index in [1.54, 1.807) is 0 Å². The van der Waals surface area contributed by atoms with Crippen LogP contribution in [0.2, 0.25) is 0 Å². The number of phenolic OH excluding ortho intramolecular Hbond substituents is 1. The number of aromatic hydroxyl groups is 1. The third kappa shape index (κ3) is 2.72. The first-order valence-electron chi connectivity index (χ1n) is 5.53. The third-order valence-corrected chi connectivity index (χ3v) is 2.51. The zero-order valence-corrected chi connectivity index (χ0v) is 10.1. The summed E-state index contributed by atoms with van der Waals surface area (Å²) in [5.74, 6) is -2.54. The van der Waals surface area contributed by atoms with E-state index < -0.39 is 17.6 Å². The Balaban J connectivity index is 2.22. The molecule has 7 heteroatoms. The van der Waals surface area contributed by atoms with E-state index in [2.05, 4.69) is 10.3 Å². The summed E-state index contributed by atoms with van der Waals surface area (Å²) in [7, 11) is 0. The van der Waals surface area contributed by atoms with Crippen LogP contribution in [0.4, 0.5) is 10.1 Å². The number of nitrogens with two attached hydrogens (primary N) is 1. The molecule has 0 atom stereocenters. The van der Waals surface area contributed by atoms with Crippen LogP contribution in [0.25, 0.3) is 0 Å². The van der Waals surface area contributed by atoms with Crippen LogP contribution in [0.3, 0.4) is 0 Å². The number of benzene rings is 1. The quantitative estimate of drug-likeness (QED) is 0.733. The zero-order valence-electron chi connectivity index (χ0n) is 10.1. The number of carbonyl (C=O) groups is 2. The van der Waals surface area contributed by atoms with Gasteiger partial charge in [-0.1, -0.05) is 6.07 Å². The monoisotopic (exact) mass is 275 g/mol. The van der Waals surface area contributed by atoms with Crippen molar-refractivity contribution >= 4 is 17.5 Å². The number of hydrogen-bond donors (Lipinski definition) is 3. The van der Waals surface area contributed by atoms with Crippen molar-refractivity contribution in [3.05, 3.63) is 53.6 Å². The second kappa shape index (κ2) is 5.35. The number of amides is 2. The van der Waals surface area contributed by atoms with Crippen molar-refractivity contribution < 1.29 is 19.1 Å². The highest BCUT2D eigenvalue weighted by atomic mass is 19.1. The van der Waals surface area contributed by atoms with Gasteiger partial charge >= 0.3 is 0 Å². The maximum Gasteiger partial charge on any atom is 0.267 e. The van der Waals surface area contributed by atoms with E-state index in [-0.39, 0.29) is 22.7 Å². The van der Waals surface area contributed by atoms with E-state index in [9.17, 15) is 19.1 Å². The molecule has 0 aliphatic rings. The van der Waals surface area contributed by atoms with Gasteiger partial charge in [-0.2, -0.15) is 0 Å². The van der Waals surface area contributed by atoms with Gasteiger partial charge in [-0.3, -0.25) is 14.6 Å². The Kier molecular flexibility index (Phi) is 3.60. The molecule has 1 aromatic carbocycles. The molecule has 102 valence electrons. The summed E-state index contributed by atoms with van der Waals surface area (Å²) in [5, 5.41) is 11.7. The lowest BCUT2D eigenvalue weighted by Crippen LogP contribution is -2.16. The Bertz CT molecular complexity index is 651. The van der Waals surface area contributed by atoms with Gasteiger partial charge in [-0.05, 0) is 24.3 Å². The molecule has 4 N–H and O–H groups in total. The van der Waals surface area contributed by atoms with Crippen LogP contribution < -0.4 is 11.1 Å². The van der Waals surface area contributed by atoms with Crippen LogP contribution >= 0.6 is 0 Å². The molecule has 2 aromatic rings. The number of nitrogens with one attached hydrogen (secondary N) is 1. The number of phenols is 1. The van der Waals surface area contributed by atoms with E-state index in [4.69, 9.17) is 5.73 Å². The molecule has 0 saturated heterocycles. The van der Waals surface area contributed by atoms with Gasteiger partial charge in [0.05, 0.1) is 5.56 Å². The van der Waals surface area contributed by atoms with Gasteiger partial charge in [0.1, 0.15) is 17.1 Å². The molecule has 0 bridgehead atoms. The normalized spacial score (nSPS) is 10.1. The van der Waals surface area contributed by atoms with Gasteiger partial charge in [0.25, 0.3) is 11.8 Å². The first kappa shape index (κ1) is 13.5. The third-order valence-electron chi connectivity index (χ3n) is 2.51. The lowest BCUT2D eigenvalue weighted by atomic mass is 10.2. The average molecular weight is 275 g/mol. The van der Waals surface area contributed by atoms with Crippen molar-refractivity contribution in [3.8, 4) is 5.75 Å². The first-order chi connectivity index (χ1) is 9.49. The number of primary amides is 1. The molecule has 6 nitrogen and oxygen atoms in total. The number of anilines is 1. The van der Waals surface area contributed by atoms with E-state index in [1.807, 2.05) is 0 Å². The minimum absolute atomic E-state index is 0.00953. The number of hydrogen-bond acceptors (Lipinski definition) is 4. The van der Waals surface area contributed by atoms with E-state index in [1.165, 1.54) is 24.3 Å². The number of aromatic nitrogens is 1. The predicted molar refractivity (Wildman–Crippen MR) is 68.8 cm³/mol. The Morgan fingerprint density at radius 3 is 2.55 bits per heavy atom. The van der Waals surface area contributed by atoms with Crippen LogP contribution in [0, 0.1) is 5.82 Å². The van der Waals surface area contributed by atoms with Crippen molar-refractivity contribution in [1.82, 2.24) is 4.98 Å². The predicted octanol–water partition coefficient (Wildman–Crippen LogP) is 1.28. The first-order valence-corrected chi connectivity index (χ1v) is 5.53. The summed E-state index contributed by atoms with van der Waals surface area (Å²) in [6.07, 6.45) is 1.13. The maximum absolute atomic E-state index is 13.4. The van der Waals surface area contributed by atoms with Crippen LogP contribution in [0.5, 0.6) is 5.75 Å². The molecule has 0 radical (unpaired) electrons. The summed E-state index contributed by atoms with van der Waals surface area (Å²) in [4.78, 5) is 26.4. The Hall–Kier alpha value is -2.96. The summed E-state index contributed by atoms with van der Waals surface area (Å²) in [5.41, 5.74) is 4.80. The van der Waals surface area contributed by atoms with Gasteiger partial charge in [0.15, 0.2) is 5.82 Å². The fourth-order valence-corrected chi connectivity index (χ4v) is 1.50. The topological polar surface area (TPSA) is 105 Å². The number of halogens is 1. The molecule has 0 unspecified atom stereocenters. The fraction of sp³-hybridized carbons (Fsp3) is 0. The van der Waals surface area contributed by atoms with Crippen molar-refractivity contribution in [2.45, 2.75) is 0 Å². The smallest absolute Gasteiger partial charge is 0.267 e. The summed E-state index contributed by atoms with van der Waals surface area (Å²) in [6, 6.07) is 6.25. The zero-order chi connectivity index (χ0) is 14.7. The van der Waals surface area contributed by atoms with Gasteiger partial charge in [0, 0.05) is 6.20 Å². The molecule has 0 spiro atoms. The van der Waals surface area contributed by atoms with Gasteiger partial charge < -0.3 is 16.2 Å². The molecule has 0 aliphatic carbocycles. The largest absolute Gasteiger partial charge is 0.506 e. The summed E-state index contributed by atoms with van der Waals surface area (Å²) >= 11 is 0. The molecular weight excluding hydrogens is 265 g/mol. The average Bonchev–Trinajstić information content (AvgIpc) is 2.43. The van der Waals surface area contributed by atoms with Gasteiger partial charge in [-0.25, -0.2) is 4.39 Å².